The third-order valence-corrected chi connectivity index (χ3v) is 14.2. The fraction of sp³-hybridized carbons (Fsp3) is 0.0714. The average Bonchev–Trinajstić information content (AvgIpc) is 3.75. The lowest BCUT2D eigenvalue weighted by Crippen LogP contribution is -2.45. The molecule has 11 rings (SSSR count). The molecule has 16 N–H and O–H groups in total. The minimum absolute atomic E-state index is 0.0671. The van der Waals surface area contributed by atoms with Gasteiger partial charge in [0.05, 0.1) is 0 Å². The molecule has 0 spiro atoms. The van der Waals surface area contributed by atoms with Crippen LogP contribution in [0.1, 0.15) is 44.5 Å². The minimum atomic E-state index is -3.29. The molecular formula is C56H40O16. The molecule has 3 aliphatic rings. The maximum atomic E-state index is 12.6. The maximum Gasteiger partial charge on any atom is 0.211 e. The molecule has 0 saturated carbocycles. The predicted molar refractivity (Wildman–Crippen MR) is 257 cm³/mol. The highest BCUT2D eigenvalue weighted by Crippen LogP contribution is 2.57. The number of hydrogen-bond donors (Lipinski definition) is 16. The molecule has 0 fully saturated rings. The lowest BCUT2D eigenvalue weighted by molar-refractivity contribution is -0.0505. The first kappa shape index (κ1) is 45.1. The van der Waals surface area contributed by atoms with E-state index >= 15 is 0 Å². The molecule has 0 aliphatic heterocycles. The van der Waals surface area contributed by atoms with Crippen LogP contribution in [0.2, 0.25) is 0 Å². The van der Waals surface area contributed by atoms with Gasteiger partial charge in [0.15, 0.2) is 23.0 Å². The molecule has 0 radical (unpaired) electrons. The summed E-state index contributed by atoms with van der Waals surface area (Å²) in [5.41, 5.74) is -9.70. The molecule has 360 valence electrons. The van der Waals surface area contributed by atoms with Crippen LogP contribution in [0.3, 0.4) is 0 Å². The first-order valence-electron chi connectivity index (χ1n) is 22.0. The quantitative estimate of drug-likeness (QED) is 0.0752. The molecule has 0 amide bonds. The van der Waals surface area contributed by atoms with Gasteiger partial charge in [0.25, 0.3) is 0 Å². The lowest BCUT2D eigenvalue weighted by Gasteiger charge is -2.39. The van der Waals surface area contributed by atoms with E-state index in [1.807, 2.05) is 0 Å². The van der Waals surface area contributed by atoms with E-state index in [0.29, 0.717) is 22.3 Å². The highest BCUT2D eigenvalue weighted by atomic mass is 16.4. The van der Waals surface area contributed by atoms with Crippen molar-refractivity contribution < 1.29 is 81.7 Å². The van der Waals surface area contributed by atoms with Crippen molar-refractivity contribution in [1.29, 1.82) is 0 Å². The van der Waals surface area contributed by atoms with Gasteiger partial charge in [-0.05, 0) is 130 Å². The Bertz CT molecular complexity index is 3390. The van der Waals surface area contributed by atoms with E-state index in [1.165, 1.54) is 84.9 Å². The highest BCUT2D eigenvalue weighted by Gasteiger charge is 2.57. The first-order valence-corrected chi connectivity index (χ1v) is 22.0. The molecule has 0 saturated heterocycles. The van der Waals surface area contributed by atoms with Crippen LogP contribution in [0.15, 0.2) is 169 Å². The zero-order valence-corrected chi connectivity index (χ0v) is 37.0. The zero-order valence-electron chi connectivity index (χ0n) is 37.0. The van der Waals surface area contributed by atoms with Gasteiger partial charge in [0.2, 0.25) is 11.2 Å². The van der Waals surface area contributed by atoms with Gasteiger partial charge < -0.3 is 81.7 Å². The summed E-state index contributed by atoms with van der Waals surface area (Å²) in [4.78, 5) is 0. The number of aromatic hydroxyl groups is 8. The second kappa shape index (κ2) is 15.1. The maximum absolute atomic E-state index is 12.6. The minimum Gasteiger partial charge on any atom is -0.508 e. The number of benzene rings is 8. The Morgan fingerprint density at radius 1 is 0.208 bits per heavy atom. The molecule has 0 heterocycles. The summed E-state index contributed by atoms with van der Waals surface area (Å²) in [6.45, 7) is 0. The molecule has 0 atom stereocenters. The van der Waals surface area contributed by atoms with E-state index in [4.69, 9.17) is 0 Å². The van der Waals surface area contributed by atoms with E-state index in [9.17, 15) is 81.7 Å². The van der Waals surface area contributed by atoms with Crippen molar-refractivity contribution in [2.75, 3.05) is 0 Å². The number of hydrogen-bond acceptors (Lipinski definition) is 16. The van der Waals surface area contributed by atoms with Crippen molar-refractivity contribution in [3.63, 3.8) is 0 Å². The second-order valence-corrected chi connectivity index (χ2v) is 18.1. The van der Waals surface area contributed by atoms with E-state index in [2.05, 4.69) is 0 Å². The summed E-state index contributed by atoms with van der Waals surface area (Å²) in [5.74, 6) is -8.95. The number of aliphatic hydroxyl groups is 8. The van der Waals surface area contributed by atoms with Crippen LogP contribution in [-0.4, -0.2) is 81.7 Å². The Balaban J connectivity index is 0.997. The summed E-state index contributed by atoms with van der Waals surface area (Å²) >= 11 is 0. The predicted octanol–water partition coefficient (Wildman–Crippen LogP) is 7.94. The third kappa shape index (κ3) is 5.94. The van der Waals surface area contributed by atoms with Gasteiger partial charge in [-0.25, -0.2) is 0 Å². The molecule has 8 aromatic carbocycles. The molecular weight excluding hydrogens is 929 g/mol. The van der Waals surface area contributed by atoms with Crippen LogP contribution in [0.5, 0.6) is 46.0 Å². The molecule has 16 nitrogen and oxygen atoms in total. The molecule has 72 heavy (non-hydrogen) atoms. The second-order valence-electron chi connectivity index (χ2n) is 18.1. The zero-order chi connectivity index (χ0) is 51.1. The van der Waals surface area contributed by atoms with E-state index in [1.54, 1.807) is 24.3 Å². The van der Waals surface area contributed by atoms with Crippen LogP contribution in [0.4, 0.5) is 0 Å². The summed E-state index contributed by atoms with van der Waals surface area (Å²) in [6.07, 6.45) is 0. The Morgan fingerprint density at radius 3 is 0.639 bits per heavy atom. The molecule has 8 aromatic rings. The normalized spacial score (nSPS) is 19.2. The molecule has 0 unspecified atom stereocenters. The number of phenolic OH excluding ortho intramolecular Hbond substituents is 8. The highest BCUT2D eigenvalue weighted by molar-refractivity contribution is 5.87. The molecule has 0 bridgehead atoms. The summed E-state index contributed by atoms with van der Waals surface area (Å²) in [6, 6.07) is 31.0. The van der Waals surface area contributed by atoms with Crippen LogP contribution < -0.4 is 0 Å². The van der Waals surface area contributed by atoms with Crippen LogP contribution in [-0.2, 0) is 22.4 Å². The topological polar surface area (TPSA) is 324 Å². The molecule has 0 aromatic heterocycles. The van der Waals surface area contributed by atoms with E-state index in [0.717, 1.165) is 36.4 Å². The Kier molecular flexibility index (Phi) is 9.46. The van der Waals surface area contributed by atoms with Gasteiger partial charge in [-0.3, -0.25) is 0 Å². The smallest absolute Gasteiger partial charge is 0.211 e. The number of rotatable bonds is 6. The SMILES string of the molecule is OC1=C(O)C(O)(c2ccc(O)c(-c3cc(C4(O)c5cc(O)ccc5-c5ccc(O)cc54)ccc3O)c2)C(O)=C(O)C1(O)c1ccc(O)c(-c2cc(C3(O)c4cc(O)ccc4-c4ccc(O)cc43)ccc2O)c1. The van der Waals surface area contributed by atoms with Gasteiger partial charge >= 0.3 is 0 Å². The standard InChI is InChI=1S/C56H40O16/c57-29-5-9-33-34-10-6-30(58)22-42(34)53(69,41(33)21-29)25-1-13-45(61)37(17-25)39-19-27(3-15-47(39)63)55(71)49(65)51(67)56(72,52(68)50(55)66)28-4-16-48(64)40(20-28)38-18-26(2-14-46(38)62)54(70)43-23-31(59)7-11-35(43)36-12-8-32(60)24-44(36)54/h1-24,57-72H. The van der Waals surface area contributed by atoms with Gasteiger partial charge in [-0.1, -0.05) is 48.5 Å². The van der Waals surface area contributed by atoms with Gasteiger partial charge in [0.1, 0.15) is 57.2 Å². The Labute approximate surface area is 406 Å². The lowest BCUT2D eigenvalue weighted by atomic mass is 9.75. The number of fused-ring (bicyclic) bond motifs is 6. The van der Waals surface area contributed by atoms with Gasteiger partial charge in [0, 0.05) is 55.6 Å². The summed E-state index contributed by atoms with van der Waals surface area (Å²) in [7, 11) is 0. The third-order valence-electron chi connectivity index (χ3n) is 14.2. The fourth-order valence-electron chi connectivity index (χ4n) is 10.5. The van der Waals surface area contributed by atoms with Crippen LogP contribution in [0, 0.1) is 0 Å². The van der Waals surface area contributed by atoms with Crippen molar-refractivity contribution in [3.05, 3.63) is 213 Å². The molecule has 3 aliphatic carbocycles. The molecule has 16 heteroatoms. The fourth-order valence-corrected chi connectivity index (χ4v) is 10.5. The van der Waals surface area contributed by atoms with Gasteiger partial charge in [-0.2, -0.15) is 0 Å². The average molecular weight is 969 g/mol. The van der Waals surface area contributed by atoms with E-state index in [-0.39, 0.29) is 78.6 Å². The first-order chi connectivity index (χ1) is 34.1. The van der Waals surface area contributed by atoms with E-state index < -0.39 is 79.6 Å². The van der Waals surface area contributed by atoms with Crippen molar-refractivity contribution in [3.8, 4) is 90.5 Å². The Hall–Kier alpha value is -9.32. The summed E-state index contributed by atoms with van der Waals surface area (Å²) < 4.78 is 0. The Morgan fingerprint density at radius 2 is 0.417 bits per heavy atom. The largest absolute Gasteiger partial charge is 0.508 e. The monoisotopic (exact) mass is 968 g/mol. The van der Waals surface area contributed by atoms with Crippen molar-refractivity contribution in [2.24, 2.45) is 0 Å². The van der Waals surface area contributed by atoms with Crippen molar-refractivity contribution in [2.45, 2.75) is 22.4 Å². The number of aliphatic hydroxyl groups excluding tert-OH is 4. The van der Waals surface area contributed by atoms with Crippen molar-refractivity contribution >= 4 is 0 Å². The van der Waals surface area contributed by atoms with Crippen LogP contribution in [0.25, 0.3) is 44.5 Å². The van der Waals surface area contributed by atoms with Crippen LogP contribution >= 0.6 is 0 Å². The summed E-state index contributed by atoms with van der Waals surface area (Å²) in [5, 5.41) is 183. The van der Waals surface area contributed by atoms with Gasteiger partial charge in [-0.15, -0.1) is 0 Å². The van der Waals surface area contributed by atoms with Crippen molar-refractivity contribution in [1.82, 2.24) is 0 Å². The number of phenols is 8.